The number of aliphatic hydroxyl groups is 1. The third-order valence-corrected chi connectivity index (χ3v) is 2.04. The summed E-state index contributed by atoms with van der Waals surface area (Å²) in [6.45, 7) is 0.945. The largest absolute Gasteiger partial charge is 0.396 e. The first kappa shape index (κ1) is 12.4. The summed E-state index contributed by atoms with van der Waals surface area (Å²) in [7, 11) is 0. The maximum absolute atomic E-state index is 8.57. The van der Waals surface area contributed by atoms with Crippen molar-refractivity contribution >= 4 is 29.2 Å². The van der Waals surface area contributed by atoms with E-state index in [1.54, 1.807) is 0 Å². The Kier molecular flexibility index (Phi) is 5.60. The lowest BCUT2D eigenvalue weighted by atomic mass is 10.2. The van der Waals surface area contributed by atoms with Crippen LogP contribution in [0.3, 0.4) is 0 Å². The van der Waals surface area contributed by atoms with Crippen LogP contribution in [-0.2, 0) is 0 Å². The molecule has 5 nitrogen and oxygen atoms in total. The maximum atomic E-state index is 8.57. The first-order chi connectivity index (χ1) is 7.22. The predicted octanol–water partition coefficient (Wildman–Crippen LogP) is 1.75. The summed E-state index contributed by atoms with van der Waals surface area (Å²) in [6.07, 6.45) is 2.69. The van der Waals surface area contributed by atoms with E-state index in [9.17, 15) is 0 Å². The summed E-state index contributed by atoms with van der Waals surface area (Å²) in [5, 5.41) is 11.7. The number of hydrogen-bond acceptors (Lipinski definition) is 5. The Labute approximate surface area is 97.9 Å². The average Bonchev–Trinajstić information content (AvgIpc) is 2.16. The molecule has 0 atom stereocenters. The number of anilines is 1. The first-order valence-corrected chi connectivity index (χ1v) is 5.40. The van der Waals surface area contributed by atoms with Crippen molar-refractivity contribution < 1.29 is 5.11 Å². The van der Waals surface area contributed by atoms with Gasteiger partial charge in [-0.1, -0.05) is 0 Å². The molecule has 0 aliphatic heterocycles. The van der Waals surface area contributed by atoms with Gasteiger partial charge in [0.05, 0.1) is 0 Å². The molecule has 0 amide bonds. The van der Waals surface area contributed by atoms with Crippen LogP contribution < -0.4 is 5.32 Å². The van der Waals surface area contributed by atoms with E-state index < -0.39 is 0 Å². The molecule has 1 heterocycles. The summed E-state index contributed by atoms with van der Waals surface area (Å²) in [4.78, 5) is 11.3. The molecular formula is C8H12Cl2N4O. The molecule has 0 bridgehead atoms. The van der Waals surface area contributed by atoms with Gasteiger partial charge in [0.15, 0.2) is 0 Å². The highest BCUT2D eigenvalue weighted by molar-refractivity contribution is 6.31. The van der Waals surface area contributed by atoms with Crippen LogP contribution in [0.25, 0.3) is 0 Å². The number of aromatic nitrogens is 3. The Morgan fingerprint density at radius 2 is 1.67 bits per heavy atom. The first-order valence-electron chi connectivity index (χ1n) is 4.64. The lowest BCUT2D eigenvalue weighted by molar-refractivity contribution is 0.283. The van der Waals surface area contributed by atoms with Crippen LogP contribution in [0.1, 0.15) is 19.3 Å². The minimum atomic E-state index is 0.0767. The molecule has 0 aliphatic rings. The van der Waals surface area contributed by atoms with Gasteiger partial charge in [-0.25, -0.2) is 0 Å². The number of aliphatic hydroxyl groups excluding tert-OH is 1. The van der Waals surface area contributed by atoms with Gasteiger partial charge in [0.1, 0.15) is 0 Å². The van der Waals surface area contributed by atoms with Gasteiger partial charge in [-0.2, -0.15) is 15.0 Å². The Hall–Kier alpha value is -0.650. The number of unbranched alkanes of at least 4 members (excludes halogenated alkanes) is 2. The van der Waals surface area contributed by atoms with Gasteiger partial charge < -0.3 is 10.4 Å². The third-order valence-electron chi connectivity index (χ3n) is 1.70. The molecule has 7 heteroatoms. The second-order valence-electron chi connectivity index (χ2n) is 2.91. The number of nitrogens with one attached hydrogen (secondary N) is 1. The summed E-state index contributed by atoms with van der Waals surface area (Å²) in [5.41, 5.74) is 0. The van der Waals surface area contributed by atoms with Gasteiger partial charge in [0.25, 0.3) is 0 Å². The molecule has 0 aliphatic carbocycles. The Balaban J connectivity index is 2.31. The van der Waals surface area contributed by atoms with Crippen LogP contribution in [0.4, 0.5) is 5.95 Å². The Morgan fingerprint density at radius 3 is 2.27 bits per heavy atom. The van der Waals surface area contributed by atoms with Crippen LogP contribution in [0, 0.1) is 0 Å². The smallest absolute Gasteiger partial charge is 0.228 e. The molecule has 0 fully saturated rings. The fourth-order valence-electron chi connectivity index (χ4n) is 1.02. The van der Waals surface area contributed by atoms with Gasteiger partial charge in [-0.3, -0.25) is 0 Å². The van der Waals surface area contributed by atoms with Gasteiger partial charge in [0, 0.05) is 13.2 Å². The number of halogens is 2. The van der Waals surface area contributed by atoms with Crippen molar-refractivity contribution in [1.82, 2.24) is 15.0 Å². The SMILES string of the molecule is OCCCCCNc1nc(Cl)nc(Cl)n1. The van der Waals surface area contributed by atoms with Crippen molar-refractivity contribution in [1.29, 1.82) is 0 Å². The molecule has 84 valence electrons. The summed E-state index contributed by atoms with van der Waals surface area (Å²) in [5.74, 6) is 0.379. The monoisotopic (exact) mass is 250 g/mol. The molecule has 15 heavy (non-hydrogen) atoms. The van der Waals surface area contributed by atoms with Crippen LogP contribution in [0.2, 0.25) is 10.6 Å². The summed E-state index contributed by atoms with van der Waals surface area (Å²) in [6, 6.07) is 0. The second-order valence-corrected chi connectivity index (χ2v) is 3.58. The molecule has 1 rings (SSSR count). The van der Waals surface area contributed by atoms with E-state index in [0.717, 1.165) is 25.8 Å². The zero-order valence-corrected chi connectivity index (χ0v) is 9.59. The highest BCUT2D eigenvalue weighted by atomic mass is 35.5. The summed E-state index contributed by atoms with van der Waals surface area (Å²) >= 11 is 11.2. The van der Waals surface area contributed by atoms with Crippen molar-refractivity contribution in [2.45, 2.75) is 19.3 Å². The molecule has 0 saturated carbocycles. The average molecular weight is 251 g/mol. The van der Waals surface area contributed by atoms with Gasteiger partial charge in [-0.15, -0.1) is 0 Å². The van der Waals surface area contributed by atoms with E-state index in [4.69, 9.17) is 28.3 Å². The van der Waals surface area contributed by atoms with E-state index >= 15 is 0 Å². The lowest BCUT2D eigenvalue weighted by Gasteiger charge is -2.03. The van der Waals surface area contributed by atoms with E-state index in [2.05, 4.69) is 20.3 Å². The van der Waals surface area contributed by atoms with Crippen LogP contribution >= 0.6 is 23.2 Å². The Morgan fingerprint density at radius 1 is 1.00 bits per heavy atom. The van der Waals surface area contributed by atoms with Crippen molar-refractivity contribution in [3.63, 3.8) is 0 Å². The molecule has 0 saturated heterocycles. The second kappa shape index (κ2) is 6.76. The van der Waals surface area contributed by atoms with Crippen LogP contribution in [-0.4, -0.2) is 33.2 Å². The normalized spacial score (nSPS) is 10.3. The van der Waals surface area contributed by atoms with E-state index in [1.807, 2.05) is 0 Å². The Bertz CT molecular complexity index is 290. The number of nitrogens with zero attached hydrogens (tertiary/aromatic N) is 3. The molecule has 2 N–H and O–H groups in total. The minimum Gasteiger partial charge on any atom is -0.396 e. The van der Waals surface area contributed by atoms with Gasteiger partial charge in [-0.05, 0) is 42.5 Å². The molecule has 0 unspecified atom stereocenters. The fraction of sp³-hybridized carbons (Fsp3) is 0.625. The van der Waals surface area contributed by atoms with Crippen LogP contribution in [0.5, 0.6) is 0 Å². The number of rotatable bonds is 6. The molecule has 0 radical (unpaired) electrons. The summed E-state index contributed by atoms with van der Waals surface area (Å²) < 4.78 is 0. The minimum absolute atomic E-state index is 0.0767. The molecular weight excluding hydrogens is 239 g/mol. The third kappa shape index (κ3) is 5.11. The van der Waals surface area contributed by atoms with E-state index in [0.29, 0.717) is 5.95 Å². The van der Waals surface area contributed by atoms with Gasteiger partial charge in [0.2, 0.25) is 16.5 Å². The highest BCUT2D eigenvalue weighted by Crippen LogP contribution is 2.09. The molecule has 1 aromatic rings. The standard InChI is InChI=1S/C8H12Cl2N4O/c9-6-12-7(10)14-8(13-6)11-4-2-1-3-5-15/h15H,1-5H2,(H,11,12,13,14). The lowest BCUT2D eigenvalue weighted by Crippen LogP contribution is -2.06. The quantitative estimate of drug-likeness (QED) is 0.753. The van der Waals surface area contributed by atoms with E-state index in [1.165, 1.54) is 0 Å². The maximum Gasteiger partial charge on any atom is 0.228 e. The fourth-order valence-corrected chi connectivity index (χ4v) is 1.38. The predicted molar refractivity (Wildman–Crippen MR) is 59.3 cm³/mol. The number of hydrogen-bond donors (Lipinski definition) is 2. The van der Waals surface area contributed by atoms with Crippen molar-refractivity contribution in [2.75, 3.05) is 18.5 Å². The molecule has 1 aromatic heterocycles. The van der Waals surface area contributed by atoms with Crippen molar-refractivity contribution in [3.8, 4) is 0 Å². The van der Waals surface area contributed by atoms with Gasteiger partial charge >= 0.3 is 0 Å². The van der Waals surface area contributed by atoms with E-state index in [-0.39, 0.29) is 17.2 Å². The van der Waals surface area contributed by atoms with Crippen LogP contribution in [0.15, 0.2) is 0 Å². The molecule has 0 spiro atoms. The zero-order chi connectivity index (χ0) is 11.1. The zero-order valence-electron chi connectivity index (χ0n) is 8.08. The topological polar surface area (TPSA) is 70.9 Å². The molecule has 0 aromatic carbocycles. The van der Waals surface area contributed by atoms with Crippen molar-refractivity contribution in [2.24, 2.45) is 0 Å². The highest BCUT2D eigenvalue weighted by Gasteiger charge is 2.01. The van der Waals surface area contributed by atoms with Crippen molar-refractivity contribution in [3.05, 3.63) is 10.6 Å².